The van der Waals surface area contributed by atoms with Crippen molar-refractivity contribution in [1.82, 2.24) is 0 Å². The first-order chi connectivity index (χ1) is 9.39. The summed E-state index contributed by atoms with van der Waals surface area (Å²) in [5.74, 6) is -0.211. The van der Waals surface area contributed by atoms with E-state index in [0.29, 0.717) is 0 Å². The molecule has 0 aromatic heterocycles. The summed E-state index contributed by atoms with van der Waals surface area (Å²) in [5, 5.41) is 13.8. The van der Waals surface area contributed by atoms with Gasteiger partial charge in [-0.15, -0.1) is 0 Å². The maximum Gasteiger partial charge on any atom is 0.293 e. The predicted octanol–water partition coefficient (Wildman–Crippen LogP) is 2.28. The molecule has 0 atom stereocenters. The summed E-state index contributed by atoms with van der Waals surface area (Å²) in [6.45, 7) is 3.94. The molecule has 20 heavy (non-hydrogen) atoms. The van der Waals surface area contributed by atoms with E-state index in [2.05, 4.69) is 5.32 Å². The highest BCUT2D eigenvalue weighted by Gasteiger charge is 2.43. The van der Waals surface area contributed by atoms with Crippen molar-refractivity contribution < 1.29 is 9.72 Å². The molecule has 6 nitrogen and oxygen atoms in total. The molecule has 0 bridgehead atoms. The number of hydrogen-bond donors (Lipinski definition) is 2. The van der Waals surface area contributed by atoms with E-state index in [1.807, 2.05) is 6.92 Å². The molecule has 1 aromatic carbocycles. The molecular formula is C14H19N3O3. The summed E-state index contributed by atoms with van der Waals surface area (Å²) in [4.78, 5) is 22.9. The molecule has 0 aliphatic heterocycles. The van der Waals surface area contributed by atoms with Crippen LogP contribution in [-0.4, -0.2) is 17.4 Å². The standard InChI is InChI=1S/C14H19N3O3/c1-9-6-11(12(17(19)20)7-10(9)2)16-13(18)14(8-15)4-3-5-14/h6-7H,3-5,8,15H2,1-2H3,(H,16,18). The van der Waals surface area contributed by atoms with Crippen LogP contribution in [0.15, 0.2) is 12.1 Å². The maximum atomic E-state index is 12.3. The van der Waals surface area contributed by atoms with E-state index in [0.717, 1.165) is 30.4 Å². The normalized spacial score (nSPS) is 16.4. The van der Waals surface area contributed by atoms with Gasteiger partial charge in [0.1, 0.15) is 5.69 Å². The Balaban J connectivity index is 2.31. The van der Waals surface area contributed by atoms with Crippen LogP contribution in [0.5, 0.6) is 0 Å². The van der Waals surface area contributed by atoms with Crippen molar-refractivity contribution in [3.05, 3.63) is 33.4 Å². The van der Waals surface area contributed by atoms with Gasteiger partial charge in [0.15, 0.2) is 0 Å². The van der Waals surface area contributed by atoms with E-state index in [9.17, 15) is 14.9 Å². The van der Waals surface area contributed by atoms with E-state index >= 15 is 0 Å². The van der Waals surface area contributed by atoms with Crippen LogP contribution in [0.4, 0.5) is 11.4 Å². The van der Waals surface area contributed by atoms with Gasteiger partial charge in [-0.1, -0.05) is 6.42 Å². The lowest BCUT2D eigenvalue weighted by atomic mass is 9.68. The number of amides is 1. The molecule has 6 heteroatoms. The summed E-state index contributed by atoms with van der Waals surface area (Å²) >= 11 is 0. The number of benzene rings is 1. The van der Waals surface area contributed by atoms with Gasteiger partial charge >= 0.3 is 0 Å². The fourth-order valence-corrected chi connectivity index (χ4v) is 2.43. The van der Waals surface area contributed by atoms with Gasteiger partial charge in [-0.3, -0.25) is 14.9 Å². The highest BCUT2D eigenvalue weighted by atomic mass is 16.6. The Hall–Kier alpha value is -1.95. The molecule has 1 amide bonds. The Bertz CT molecular complexity index is 560. The van der Waals surface area contributed by atoms with Crippen LogP contribution in [0.25, 0.3) is 0 Å². The molecule has 3 N–H and O–H groups in total. The molecule has 0 spiro atoms. The average molecular weight is 277 g/mol. The van der Waals surface area contributed by atoms with E-state index in [4.69, 9.17) is 5.73 Å². The highest BCUT2D eigenvalue weighted by Crippen LogP contribution is 2.41. The largest absolute Gasteiger partial charge is 0.329 e. The Labute approximate surface area is 117 Å². The van der Waals surface area contributed by atoms with Gasteiger partial charge < -0.3 is 11.1 Å². The Morgan fingerprint density at radius 3 is 2.45 bits per heavy atom. The number of rotatable bonds is 4. The number of nitrogens with two attached hydrogens (primary N) is 1. The van der Waals surface area contributed by atoms with Crippen LogP contribution in [0.3, 0.4) is 0 Å². The summed E-state index contributed by atoms with van der Waals surface area (Å²) < 4.78 is 0. The number of hydrogen-bond acceptors (Lipinski definition) is 4. The fourth-order valence-electron chi connectivity index (χ4n) is 2.43. The highest BCUT2D eigenvalue weighted by molar-refractivity contribution is 5.98. The Morgan fingerprint density at radius 1 is 1.40 bits per heavy atom. The third kappa shape index (κ3) is 2.38. The SMILES string of the molecule is Cc1cc(NC(=O)C2(CN)CCC2)c([N+](=O)[O-])cc1C. The summed E-state index contributed by atoms with van der Waals surface area (Å²) in [6, 6.07) is 3.13. The van der Waals surface area contributed by atoms with Crippen molar-refractivity contribution in [2.45, 2.75) is 33.1 Å². The van der Waals surface area contributed by atoms with Crippen molar-refractivity contribution in [2.75, 3.05) is 11.9 Å². The van der Waals surface area contributed by atoms with Crippen molar-refractivity contribution >= 4 is 17.3 Å². The van der Waals surface area contributed by atoms with Gasteiger partial charge in [0.2, 0.25) is 5.91 Å². The van der Waals surface area contributed by atoms with Crippen LogP contribution in [0.1, 0.15) is 30.4 Å². The average Bonchev–Trinajstić information content (AvgIpc) is 2.32. The lowest BCUT2D eigenvalue weighted by molar-refractivity contribution is -0.384. The van der Waals surface area contributed by atoms with Crippen molar-refractivity contribution in [3.63, 3.8) is 0 Å². The molecule has 1 aromatic rings. The van der Waals surface area contributed by atoms with Gasteiger partial charge in [-0.05, 0) is 43.9 Å². The van der Waals surface area contributed by atoms with Gasteiger partial charge in [0.05, 0.1) is 10.3 Å². The van der Waals surface area contributed by atoms with Crippen LogP contribution in [0.2, 0.25) is 0 Å². The summed E-state index contributed by atoms with van der Waals surface area (Å²) in [6.07, 6.45) is 2.46. The quantitative estimate of drug-likeness (QED) is 0.651. The lowest BCUT2D eigenvalue weighted by Gasteiger charge is -2.39. The zero-order valence-electron chi connectivity index (χ0n) is 11.7. The molecule has 0 saturated heterocycles. The zero-order valence-corrected chi connectivity index (χ0v) is 11.7. The van der Waals surface area contributed by atoms with Gasteiger partial charge in [-0.2, -0.15) is 0 Å². The Kier molecular flexibility index (Phi) is 3.76. The molecule has 108 valence electrons. The second-order valence-electron chi connectivity index (χ2n) is 5.50. The Morgan fingerprint density at radius 2 is 2.00 bits per heavy atom. The predicted molar refractivity (Wildman–Crippen MR) is 76.5 cm³/mol. The van der Waals surface area contributed by atoms with Crippen molar-refractivity contribution in [3.8, 4) is 0 Å². The van der Waals surface area contributed by atoms with Crippen LogP contribution in [0, 0.1) is 29.4 Å². The minimum atomic E-state index is -0.549. The topological polar surface area (TPSA) is 98.3 Å². The molecular weight excluding hydrogens is 258 g/mol. The number of carbonyl (C=O) groups excluding carboxylic acids is 1. The summed E-state index contributed by atoms with van der Waals surface area (Å²) in [5.41, 5.74) is 7.04. The minimum Gasteiger partial charge on any atom is -0.329 e. The number of nitro groups is 1. The number of nitrogens with one attached hydrogen (secondary N) is 1. The minimum absolute atomic E-state index is 0.0760. The lowest BCUT2D eigenvalue weighted by Crippen LogP contribution is -2.47. The molecule has 1 aliphatic rings. The first kappa shape index (κ1) is 14.5. The third-order valence-corrected chi connectivity index (χ3v) is 4.24. The van der Waals surface area contributed by atoms with E-state index in [-0.39, 0.29) is 23.8 Å². The number of nitrogens with zero attached hydrogens (tertiary/aromatic N) is 1. The summed E-state index contributed by atoms with van der Waals surface area (Å²) in [7, 11) is 0. The molecule has 0 unspecified atom stereocenters. The van der Waals surface area contributed by atoms with Gasteiger partial charge in [-0.25, -0.2) is 0 Å². The third-order valence-electron chi connectivity index (χ3n) is 4.24. The van der Waals surface area contributed by atoms with Crippen molar-refractivity contribution in [1.29, 1.82) is 0 Å². The van der Waals surface area contributed by atoms with Crippen molar-refractivity contribution in [2.24, 2.45) is 11.1 Å². The van der Waals surface area contributed by atoms with E-state index in [1.165, 1.54) is 6.07 Å². The number of nitro benzene ring substituents is 1. The molecule has 0 radical (unpaired) electrons. The molecule has 2 rings (SSSR count). The van der Waals surface area contributed by atoms with E-state index < -0.39 is 10.3 Å². The zero-order chi connectivity index (χ0) is 14.9. The molecule has 1 aliphatic carbocycles. The molecule has 1 saturated carbocycles. The fraction of sp³-hybridized carbons (Fsp3) is 0.500. The van der Waals surface area contributed by atoms with Crippen LogP contribution < -0.4 is 11.1 Å². The van der Waals surface area contributed by atoms with Gasteiger partial charge in [0, 0.05) is 12.6 Å². The number of aryl methyl sites for hydroxylation is 2. The smallest absolute Gasteiger partial charge is 0.293 e. The number of anilines is 1. The second-order valence-corrected chi connectivity index (χ2v) is 5.50. The maximum absolute atomic E-state index is 12.3. The molecule has 1 fully saturated rings. The molecule has 0 heterocycles. The van der Waals surface area contributed by atoms with Crippen LogP contribution in [-0.2, 0) is 4.79 Å². The van der Waals surface area contributed by atoms with Gasteiger partial charge in [0.25, 0.3) is 5.69 Å². The first-order valence-corrected chi connectivity index (χ1v) is 6.67. The first-order valence-electron chi connectivity index (χ1n) is 6.67. The number of carbonyl (C=O) groups is 1. The monoisotopic (exact) mass is 277 g/mol. The second kappa shape index (κ2) is 5.20. The van der Waals surface area contributed by atoms with E-state index in [1.54, 1.807) is 13.0 Å². The van der Waals surface area contributed by atoms with Crippen LogP contribution >= 0.6 is 0 Å².